The zero-order valence-corrected chi connectivity index (χ0v) is 15.1. The predicted molar refractivity (Wildman–Crippen MR) is 89.9 cm³/mol. The second kappa shape index (κ2) is 7.12. The average molecular weight is 333 g/mol. The molecule has 0 N–H and O–H groups in total. The SMILES string of the molecule is COC(C)OCOc1ccc(C#N)cc1B1OC(C)(C)C(C)(C)O1. The molecule has 1 saturated heterocycles. The van der Waals surface area contributed by atoms with Crippen LogP contribution in [0.5, 0.6) is 5.75 Å². The van der Waals surface area contributed by atoms with Crippen LogP contribution >= 0.6 is 0 Å². The zero-order chi connectivity index (χ0) is 18.0. The third-order valence-electron chi connectivity index (χ3n) is 4.50. The van der Waals surface area contributed by atoms with Gasteiger partial charge in [0.25, 0.3) is 0 Å². The maximum atomic E-state index is 9.17. The van der Waals surface area contributed by atoms with Gasteiger partial charge in [0.2, 0.25) is 0 Å². The van der Waals surface area contributed by atoms with Crippen LogP contribution in [0.4, 0.5) is 0 Å². The molecule has 24 heavy (non-hydrogen) atoms. The fraction of sp³-hybridized carbons (Fsp3) is 0.588. The smallest absolute Gasteiger partial charge is 0.468 e. The van der Waals surface area contributed by atoms with E-state index >= 15 is 0 Å². The zero-order valence-electron chi connectivity index (χ0n) is 15.1. The molecule has 0 radical (unpaired) electrons. The van der Waals surface area contributed by atoms with Gasteiger partial charge in [-0.2, -0.15) is 5.26 Å². The summed E-state index contributed by atoms with van der Waals surface area (Å²) in [5, 5.41) is 9.17. The third kappa shape index (κ3) is 3.90. The summed E-state index contributed by atoms with van der Waals surface area (Å²) in [6.07, 6.45) is -0.372. The molecule has 1 aliphatic heterocycles. The third-order valence-corrected chi connectivity index (χ3v) is 4.50. The summed E-state index contributed by atoms with van der Waals surface area (Å²) in [6.45, 7) is 9.71. The summed E-state index contributed by atoms with van der Waals surface area (Å²) >= 11 is 0. The number of methoxy groups -OCH3 is 1. The molecule has 0 aromatic heterocycles. The Morgan fingerprint density at radius 1 is 1.21 bits per heavy atom. The molecule has 1 atom stereocenters. The van der Waals surface area contributed by atoms with Crippen LogP contribution in [0, 0.1) is 11.3 Å². The summed E-state index contributed by atoms with van der Waals surface area (Å²) in [6, 6.07) is 7.25. The molecule has 0 aliphatic carbocycles. The Kier molecular flexibility index (Phi) is 5.56. The van der Waals surface area contributed by atoms with Gasteiger partial charge in [-0.1, -0.05) is 0 Å². The van der Waals surface area contributed by atoms with E-state index in [9.17, 15) is 0 Å². The summed E-state index contributed by atoms with van der Waals surface area (Å²) < 4.78 is 28.2. The van der Waals surface area contributed by atoms with Crippen LogP contribution in [0.1, 0.15) is 40.2 Å². The van der Waals surface area contributed by atoms with Gasteiger partial charge < -0.3 is 23.5 Å². The van der Waals surface area contributed by atoms with Crippen LogP contribution in [-0.4, -0.2) is 38.5 Å². The first-order chi connectivity index (χ1) is 11.2. The van der Waals surface area contributed by atoms with Crippen molar-refractivity contribution in [2.75, 3.05) is 13.9 Å². The van der Waals surface area contributed by atoms with Crippen LogP contribution in [0.3, 0.4) is 0 Å². The molecule has 7 heteroatoms. The van der Waals surface area contributed by atoms with Gasteiger partial charge in [-0.15, -0.1) is 0 Å². The molecule has 1 heterocycles. The number of ether oxygens (including phenoxy) is 3. The molecule has 0 saturated carbocycles. The van der Waals surface area contributed by atoms with E-state index in [2.05, 4.69) is 6.07 Å². The van der Waals surface area contributed by atoms with E-state index in [4.69, 9.17) is 28.8 Å². The Bertz CT molecular complexity index is 610. The number of benzene rings is 1. The molecule has 1 aromatic rings. The molecule has 2 rings (SSSR count). The summed E-state index contributed by atoms with van der Waals surface area (Å²) in [4.78, 5) is 0. The first-order valence-electron chi connectivity index (χ1n) is 7.87. The normalized spacial score (nSPS) is 19.8. The quantitative estimate of drug-likeness (QED) is 0.587. The molecule has 0 spiro atoms. The van der Waals surface area contributed by atoms with E-state index in [-0.39, 0.29) is 13.1 Å². The fourth-order valence-electron chi connectivity index (χ4n) is 2.17. The highest BCUT2D eigenvalue weighted by atomic mass is 16.7. The highest BCUT2D eigenvalue weighted by Gasteiger charge is 2.52. The maximum absolute atomic E-state index is 9.17. The Balaban J connectivity index is 2.23. The van der Waals surface area contributed by atoms with Crippen molar-refractivity contribution < 1.29 is 23.5 Å². The molecule has 1 aromatic carbocycles. The van der Waals surface area contributed by atoms with E-state index < -0.39 is 18.3 Å². The minimum absolute atomic E-state index is 0.0212. The van der Waals surface area contributed by atoms with Crippen molar-refractivity contribution in [1.29, 1.82) is 5.26 Å². The molecular weight excluding hydrogens is 309 g/mol. The van der Waals surface area contributed by atoms with Gasteiger partial charge in [0.05, 0.1) is 22.8 Å². The highest BCUT2D eigenvalue weighted by molar-refractivity contribution is 6.63. The van der Waals surface area contributed by atoms with Crippen molar-refractivity contribution in [3.05, 3.63) is 23.8 Å². The van der Waals surface area contributed by atoms with Gasteiger partial charge in [-0.05, 0) is 52.8 Å². The number of hydrogen-bond acceptors (Lipinski definition) is 6. The number of nitriles is 1. The number of hydrogen-bond donors (Lipinski definition) is 0. The summed E-state index contributed by atoms with van der Waals surface area (Å²) in [7, 11) is 0.945. The molecule has 1 aliphatic rings. The van der Waals surface area contributed by atoms with Crippen LogP contribution in [0.2, 0.25) is 0 Å². The molecule has 0 amide bonds. The first-order valence-corrected chi connectivity index (χ1v) is 7.87. The van der Waals surface area contributed by atoms with E-state index in [1.54, 1.807) is 32.2 Å². The molecule has 1 fully saturated rings. The van der Waals surface area contributed by atoms with E-state index in [1.807, 2.05) is 27.7 Å². The van der Waals surface area contributed by atoms with Crippen molar-refractivity contribution in [3.8, 4) is 11.8 Å². The van der Waals surface area contributed by atoms with Gasteiger partial charge in [0, 0.05) is 12.6 Å². The summed E-state index contributed by atoms with van der Waals surface area (Å²) in [5.74, 6) is 0.552. The van der Waals surface area contributed by atoms with Gasteiger partial charge in [0.15, 0.2) is 13.1 Å². The minimum atomic E-state index is -0.613. The van der Waals surface area contributed by atoms with Crippen molar-refractivity contribution >= 4 is 12.6 Å². The summed E-state index contributed by atoms with van der Waals surface area (Å²) in [5.41, 5.74) is 0.233. The number of rotatable bonds is 6. The van der Waals surface area contributed by atoms with Gasteiger partial charge in [0.1, 0.15) is 5.75 Å². The lowest BCUT2D eigenvalue weighted by molar-refractivity contribution is -0.149. The highest BCUT2D eigenvalue weighted by Crippen LogP contribution is 2.37. The second-order valence-corrected chi connectivity index (χ2v) is 6.68. The van der Waals surface area contributed by atoms with Gasteiger partial charge in [-0.25, -0.2) is 0 Å². The Morgan fingerprint density at radius 3 is 2.38 bits per heavy atom. The van der Waals surface area contributed by atoms with Crippen LogP contribution in [0.25, 0.3) is 0 Å². The van der Waals surface area contributed by atoms with E-state index in [0.717, 1.165) is 0 Å². The molecular formula is C17H24BNO5. The molecule has 130 valence electrons. The molecule has 1 unspecified atom stereocenters. The van der Waals surface area contributed by atoms with Crippen molar-refractivity contribution in [2.45, 2.75) is 52.1 Å². The monoisotopic (exact) mass is 333 g/mol. The average Bonchev–Trinajstić information content (AvgIpc) is 2.75. The predicted octanol–water partition coefficient (Wildman–Crippen LogP) is 2.20. The Hall–Kier alpha value is -1.59. The van der Waals surface area contributed by atoms with E-state index in [0.29, 0.717) is 16.8 Å². The fourth-order valence-corrected chi connectivity index (χ4v) is 2.17. The van der Waals surface area contributed by atoms with E-state index in [1.165, 1.54) is 0 Å². The first kappa shape index (κ1) is 18.7. The second-order valence-electron chi connectivity index (χ2n) is 6.68. The van der Waals surface area contributed by atoms with Crippen LogP contribution < -0.4 is 10.2 Å². The molecule has 0 bridgehead atoms. The van der Waals surface area contributed by atoms with Crippen LogP contribution in [-0.2, 0) is 18.8 Å². The standard InChI is InChI=1S/C17H24BNO5/c1-12(20-6)21-11-22-15-8-7-13(10-19)9-14(15)18-23-16(2,3)17(4,5)24-18/h7-9,12H,11H2,1-6H3. The lowest BCUT2D eigenvalue weighted by atomic mass is 9.77. The maximum Gasteiger partial charge on any atom is 0.498 e. The van der Waals surface area contributed by atoms with Crippen molar-refractivity contribution in [3.63, 3.8) is 0 Å². The lowest BCUT2D eigenvalue weighted by Gasteiger charge is -2.32. The largest absolute Gasteiger partial charge is 0.498 e. The van der Waals surface area contributed by atoms with Gasteiger partial charge >= 0.3 is 7.12 Å². The van der Waals surface area contributed by atoms with Crippen molar-refractivity contribution in [1.82, 2.24) is 0 Å². The topological polar surface area (TPSA) is 69.9 Å². The lowest BCUT2D eigenvalue weighted by Crippen LogP contribution is -2.41. The van der Waals surface area contributed by atoms with Crippen molar-refractivity contribution in [2.24, 2.45) is 0 Å². The Morgan fingerprint density at radius 2 is 1.83 bits per heavy atom. The Labute approximate surface area is 143 Å². The number of nitrogens with zero attached hydrogens (tertiary/aromatic N) is 1. The van der Waals surface area contributed by atoms with Gasteiger partial charge in [-0.3, -0.25) is 0 Å². The molecule has 6 nitrogen and oxygen atoms in total. The van der Waals surface area contributed by atoms with Crippen LogP contribution in [0.15, 0.2) is 18.2 Å². The minimum Gasteiger partial charge on any atom is -0.468 e.